The number of alkyl halides is 3. The van der Waals surface area contributed by atoms with Gasteiger partial charge in [-0.3, -0.25) is 0 Å². The highest BCUT2D eigenvalue weighted by atomic mass is 79.9. The van der Waals surface area contributed by atoms with Crippen molar-refractivity contribution in [3.05, 3.63) is 28.2 Å². The fraction of sp³-hybridized carbons (Fsp3) is 0.571. The van der Waals surface area contributed by atoms with E-state index in [-0.39, 0.29) is 11.7 Å². The Morgan fingerprint density at radius 1 is 1.25 bits per heavy atom. The van der Waals surface area contributed by atoms with Crippen molar-refractivity contribution in [1.29, 1.82) is 0 Å². The van der Waals surface area contributed by atoms with Gasteiger partial charge < -0.3 is 10.2 Å². The summed E-state index contributed by atoms with van der Waals surface area (Å²) in [6.45, 7) is 1.80. The summed E-state index contributed by atoms with van der Waals surface area (Å²) in [5.74, 6) is 0. The lowest BCUT2D eigenvalue weighted by Gasteiger charge is -2.31. The second-order valence-electron chi connectivity index (χ2n) is 5.10. The average molecular weight is 351 g/mol. The van der Waals surface area contributed by atoms with Crippen LogP contribution in [0.25, 0.3) is 0 Å². The van der Waals surface area contributed by atoms with E-state index >= 15 is 0 Å². The molecule has 1 atom stereocenters. The first-order valence-corrected chi connectivity index (χ1v) is 7.49. The Morgan fingerprint density at radius 3 is 2.70 bits per heavy atom. The van der Waals surface area contributed by atoms with Crippen molar-refractivity contribution >= 4 is 21.6 Å². The molecule has 0 bridgehead atoms. The molecular formula is C14H18BrF3N2. The lowest BCUT2D eigenvalue weighted by molar-refractivity contribution is -0.137. The maximum absolute atomic E-state index is 13.2. The van der Waals surface area contributed by atoms with Crippen LogP contribution in [0, 0.1) is 0 Å². The molecule has 1 unspecified atom stereocenters. The quantitative estimate of drug-likeness (QED) is 0.865. The average Bonchev–Trinajstić information content (AvgIpc) is 2.65. The summed E-state index contributed by atoms with van der Waals surface area (Å²) >= 11 is 3.12. The van der Waals surface area contributed by atoms with E-state index in [1.54, 1.807) is 24.1 Å². The molecule has 0 spiro atoms. The van der Waals surface area contributed by atoms with Crippen LogP contribution < -0.4 is 10.2 Å². The minimum absolute atomic E-state index is 0.146. The summed E-state index contributed by atoms with van der Waals surface area (Å²) in [5.41, 5.74) is -0.320. The zero-order valence-electron chi connectivity index (χ0n) is 11.3. The van der Waals surface area contributed by atoms with E-state index in [1.807, 2.05) is 0 Å². The molecule has 2 nitrogen and oxygen atoms in total. The van der Waals surface area contributed by atoms with Crippen LogP contribution in [-0.2, 0) is 6.18 Å². The van der Waals surface area contributed by atoms with E-state index in [0.29, 0.717) is 4.47 Å². The maximum atomic E-state index is 13.2. The van der Waals surface area contributed by atoms with Gasteiger partial charge in [-0.1, -0.05) is 15.9 Å². The molecule has 1 fully saturated rings. The van der Waals surface area contributed by atoms with Crippen molar-refractivity contribution in [3.63, 3.8) is 0 Å². The largest absolute Gasteiger partial charge is 0.418 e. The Kier molecular flexibility index (Phi) is 4.96. The Morgan fingerprint density at radius 2 is 2.00 bits per heavy atom. The van der Waals surface area contributed by atoms with Crippen LogP contribution in [0.5, 0.6) is 0 Å². The van der Waals surface area contributed by atoms with Crippen molar-refractivity contribution in [2.45, 2.75) is 31.5 Å². The van der Waals surface area contributed by atoms with Crippen LogP contribution in [0.4, 0.5) is 18.9 Å². The first-order chi connectivity index (χ1) is 9.39. The van der Waals surface area contributed by atoms with Gasteiger partial charge in [-0.15, -0.1) is 0 Å². The normalized spacial score (nSPS) is 20.6. The molecule has 2 rings (SSSR count). The van der Waals surface area contributed by atoms with Gasteiger partial charge in [-0.2, -0.15) is 13.2 Å². The van der Waals surface area contributed by atoms with Gasteiger partial charge in [0, 0.05) is 23.2 Å². The van der Waals surface area contributed by atoms with Crippen molar-refractivity contribution in [2.24, 2.45) is 0 Å². The number of anilines is 1. The Balaban J connectivity index is 2.31. The van der Waals surface area contributed by atoms with Gasteiger partial charge in [0.2, 0.25) is 0 Å². The molecule has 1 aromatic rings. The Bertz CT molecular complexity index is 454. The lowest BCUT2D eigenvalue weighted by Crippen LogP contribution is -2.33. The van der Waals surface area contributed by atoms with Crippen LogP contribution >= 0.6 is 15.9 Å². The van der Waals surface area contributed by atoms with Gasteiger partial charge in [-0.05, 0) is 50.6 Å². The van der Waals surface area contributed by atoms with Gasteiger partial charge in [0.05, 0.1) is 5.56 Å². The summed E-state index contributed by atoms with van der Waals surface area (Å²) in [6, 6.07) is 4.51. The van der Waals surface area contributed by atoms with E-state index in [1.165, 1.54) is 0 Å². The van der Waals surface area contributed by atoms with E-state index < -0.39 is 11.7 Å². The summed E-state index contributed by atoms with van der Waals surface area (Å²) in [6.07, 6.45) is -1.57. The number of rotatable bonds is 2. The van der Waals surface area contributed by atoms with Gasteiger partial charge in [0.15, 0.2) is 0 Å². The smallest absolute Gasteiger partial charge is 0.371 e. The fourth-order valence-corrected chi connectivity index (χ4v) is 2.99. The zero-order chi connectivity index (χ0) is 14.8. The van der Waals surface area contributed by atoms with Crippen LogP contribution in [0.15, 0.2) is 22.7 Å². The molecule has 20 heavy (non-hydrogen) atoms. The maximum Gasteiger partial charge on any atom is 0.418 e. The number of hydrogen-bond acceptors (Lipinski definition) is 2. The minimum Gasteiger partial charge on any atom is -0.371 e. The van der Waals surface area contributed by atoms with E-state index in [0.717, 1.165) is 38.4 Å². The second-order valence-corrected chi connectivity index (χ2v) is 6.02. The molecule has 0 amide bonds. The third kappa shape index (κ3) is 3.67. The highest BCUT2D eigenvalue weighted by Gasteiger charge is 2.35. The molecule has 1 saturated heterocycles. The molecule has 112 valence electrons. The Labute approximate surface area is 125 Å². The molecule has 1 aliphatic heterocycles. The van der Waals surface area contributed by atoms with Crippen LogP contribution in [0.1, 0.15) is 24.8 Å². The van der Waals surface area contributed by atoms with Crippen LogP contribution in [0.2, 0.25) is 0 Å². The van der Waals surface area contributed by atoms with Gasteiger partial charge >= 0.3 is 6.18 Å². The lowest BCUT2D eigenvalue weighted by atomic mass is 10.0. The number of nitrogens with one attached hydrogen (secondary N) is 1. The number of halogens is 4. The summed E-state index contributed by atoms with van der Waals surface area (Å²) in [5, 5.41) is 3.28. The first-order valence-electron chi connectivity index (χ1n) is 6.70. The van der Waals surface area contributed by atoms with Gasteiger partial charge in [0.25, 0.3) is 0 Å². The predicted molar refractivity (Wildman–Crippen MR) is 78.1 cm³/mol. The molecule has 1 aromatic carbocycles. The molecule has 1 heterocycles. The SMILES string of the molecule is CN(c1ccc(Br)cc1C(F)(F)F)C1CCCNCC1. The highest BCUT2D eigenvalue weighted by molar-refractivity contribution is 9.10. The fourth-order valence-electron chi connectivity index (χ4n) is 2.63. The van der Waals surface area contributed by atoms with Crippen LogP contribution in [0.3, 0.4) is 0 Å². The van der Waals surface area contributed by atoms with Gasteiger partial charge in [0.1, 0.15) is 0 Å². The molecule has 0 saturated carbocycles. The molecule has 0 aliphatic carbocycles. The number of hydrogen-bond donors (Lipinski definition) is 1. The van der Waals surface area contributed by atoms with Crippen molar-refractivity contribution in [1.82, 2.24) is 5.32 Å². The topological polar surface area (TPSA) is 15.3 Å². The summed E-state index contributed by atoms with van der Waals surface area (Å²) < 4.78 is 40.0. The molecule has 6 heteroatoms. The molecule has 1 aliphatic rings. The van der Waals surface area contributed by atoms with Crippen molar-refractivity contribution in [3.8, 4) is 0 Å². The van der Waals surface area contributed by atoms with E-state index in [2.05, 4.69) is 21.2 Å². The zero-order valence-corrected chi connectivity index (χ0v) is 12.9. The van der Waals surface area contributed by atoms with Crippen molar-refractivity contribution in [2.75, 3.05) is 25.0 Å². The highest BCUT2D eigenvalue weighted by Crippen LogP contribution is 2.39. The van der Waals surface area contributed by atoms with Gasteiger partial charge in [-0.25, -0.2) is 0 Å². The molecule has 0 radical (unpaired) electrons. The summed E-state index contributed by atoms with van der Waals surface area (Å²) in [7, 11) is 1.76. The molecule has 1 N–H and O–H groups in total. The first kappa shape index (κ1) is 15.6. The van der Waals surface area contributed by atoms with Crippen molar-refractivity contribution < 1.29 is 13.2 Å². The standard InChI is InChI=1S/C14H18BrF3N2/c1-20(11-3-2-7-19-8-6-11)13-5-4-10(15)9-12(13)14(16,17)18/h4-5,9,11,19H,2-3,6-8H2,1H3. The third-order valence-electron chi connectivity index (χ3n) is 3.74. The second kappa shape index (κ2) is 6.35. The Hall–Kier alpha value is -0.750. The number of nitrogens with zero attached hydrogens (tertiary/aromatic N) is 1. The van der Waals surface area contributed by atoms with Crippen LogP contribution in [-0.4, -0.2) is 26.2 Å². The van der Waals surface area contributed by atoms with E-state index in [4.69, 9.17) is 0 Å². The molecular weight excluding hydrogens is 333 g/mol. The minimum atomic E-state index is -4.34. The van der Waals surface area contributed by atoms with E-state index in [9.17, 15) is 13.2 Å². The number of benzene rings is 1. The third-order valence-corrected chi connectivity index (χ3v) is 4.23. The predicted octanol–water partition coefficient (Wildman–Crippen LogP) is 4.05. The summed E-state index contributed by atoms with van der Waals surface area (Å²) in [4.78, 5) is 1.78. The monoisotopic (exact) mass is 350 g/mol. The molecule has 0 aromatic heterocycles.